The Morgan fingerprint density at radius 1 is 0.964 bits per heavy atom. The normalized spacial score (nSPS) is 10.4. The molecule has 28 heavy (non-hydrogen) atoms. The maximum absolute atomic E-state index is 12.5. The highest BCUT2D eigenvalue weighted by Gasteiger charge is 2.16. The summed E-state index contributed by atoms with van der Waals surface area (Å²) in [6.07, 6.45) is 0. The summed E-state index contributed by atoms with van der Waals surface area (Å²) < 4.78 is 5.23. The lowest BCUT2D eigenvalue weighted by Crippen LogP contribution is -2.21. The molecule has 3 rings (SSSR count). The number of benzene rings is 3. The van der Waals surface area contributed by atoms with Crippen molar-refractivity contribution in [2.24, 2.45) is 0 Å². The third-order valence-corrected chi connectivity index (χ3v) is 4.56. The Morgan fingerprint density at radius 2 is 1.64 bits per heavy atom. The summed E-state index contributed by atoms with van der Waals surface area (Å²) in [5.74, 6) is -0.999. The highest BCUT2D eigenvalue weighted by molar-refractivity contribution is 6.34. The minimum absolute atomic E-state index is 0.397. The van der Waals surface area contributed by atoms with Crippen molar-refractivity contribution in [1.29, 1.82) is 0 Å². The SMILES string of the molecule is Cc1cc(C)c(NC(=O)COC(=O)c2ccccc2-c2ccccc2)c(Cl)c1. The van der Waals surface area contributed by atoms with Crippen LogP contribution >= 0.6 is 11.6 Å². The molecule has 0 saturated heterocycles. The molecule has 3 aromatic carbocycles. The van der Waals surface area contributed by atoms with E-state index >= 15 is 0 Å². The van der Waals surface area contributed by atoms with Crippen molar-refractivity contribution in [3.05, 3.63) is 88.4 Å². The number of esters is 1. The third-order valence-electron chi connectivity index (χ3n) is 4.26. The molecule has 1 amide bonds. The fourth-order valence-electron chi connectivity index (χ4n) is 2.99. The molecule has 0 radical (unpaired) electrons. The van der Waals surface area contributed by atoms with Crippen LogP contribution in [0.3, 0.4) is 0 Å². The molecule has 0 aliphatic rings. The molecular formula is C23H20ClNO3. The van der Waals surface area contributed by atoms with Gasteiger partial charge in [0.1, 0.15) is 0 Å². The summed E-state index contributed by atoms with van der Waals surface area (Å²) in [6, 6.07) is 20.4. The number of anilines is 1. The van der Waals surface area contributed by atoms with Gasteiger partial charge in [0.2, 0.25) is 0 Å². The molecule has 0 spiro atoms. The van der Waals surface area contributed by atoms with Crippen molar-refractivity contribution in [1.82, 2.24) is 0 Å². The number of aryl methyl sites for hydroxylation is 2. The van der Waals surface area contributed by atoms with Crippen LogP contribution in [0, 0.1) is 13.8 Å². The summed E-state index contributed by atoms with van der Waals surface area (Å²) in [7, 11) is 0. The number of ether oxygens (including phenoxy) is 1. The first-order chi connectivity index (χ1) is 13.5. The largest absolute Gasteiger partial charge is 0.452 e. The van der Waals surface area contributed by atoms with E-state index < -0.39 is 18.5 Å². The third kappa shape index (κ3) is 4.59. The molecule has 5 heteroatoms. The van der Waals surface area contributed by atoms with Crippen molar-refractivity contribution in [3.63, 3.8) is 0 Å². The smallest absolute Gasteiger partial charge is 0.339 e. The molecule has 0 saturated carbocycles. The minimum Gasteiger partial charge on any atom is -0.452 e. The lowest BCUT2D eigenvalue weighted by Gasteiger charge is -2.13. The summed E-state index contributed by atoms with van der Waals surface area (Å²) in [6.45, 7) is 3.39. The predicted octanol–water partition coefficient (Wildman–Crippen LogP) is 5.42. The predicted molar refractivity (Wildman–Crippen MR) is 112 cm³/mol. The van der Waals surface area contributed by atoms with Gasteiger partial charge in [-0.3, -0.25) is 4.79 Å². The van der Waals surface area contributed by atoms with Crippen molar-refractivity contribution in [2.75, 3.05) is 11.9 Å². The maximum Gasteiger partial charge on any atom is 0.339 e. The van der Waals surface area contributed by atoms with Crippen LogP contribution in [0.4, 0.5) is 5.69 Å². The van der Waals surface area contributed by atoms with E-state index in [0.717, 1.165) is 22.3 Å². The molecule has 0 heterocycles. The zero-order valence-electron chi connectivity index (χ0n) is 15.7. The van der Waals surface area contributed by atoms with Crippen LogP contribution in [0.2, 0.25) is 5.02 Å². The topological polar surface area (TPSA) is 55.4 Å². The Balaban J connectivity index is 1.69. The van der Waals surface area contributed by atoms with Crippen LogP contribution in [-0.2, 0) is 9.53 Å². The molecule has 142 valence electrons. The molecule has 1 N–H and O–H groups in total. The first kappa shape index (κ1) is 19.6. The van der Waals surface area contributed by atoms with E-state index in [-0.39, 0.29) is 0 Å². The Bertz CT molecular complexity index is 992. The first-order valence-corrected chi connectivity index (χ1v) is 9.21. The van der Waals surface area contributed by atoms with Gasteiger partial charge < -0.3 is 10.1 Å². The van der Waals surface area contributed by atoms with Gasteiger partial charge in [-0.1, -0.05) is 66.2 Å². The van der Waals surface area contributed by atoms with Crippen LogP contribution in [0.1, 0.15) is 21.5 Å². The molecule has 0 aromatic heterocycles. The van der Waals surface area contributed by atoms with Gasteiger partial charge in [-0.05, 0) is 48.2 Å². The summed E-state index contributed by atoms with van der Waals surface area (Å²) in [5.41, 5.74) is 4.44. The zero-order chi connectivity index (χ0) is 20.1. The van der Waals surface area contributed by atoms with Crippen LogP contribution in [0.15, 0.2) is 66.7 Å². The van der Waals surface area contributed by atoms with Gasteiger partial charge in [-0.15, -0.1) is 0 Å². The van der Waals surface area contributed by atoms with E-state index in [1.54, 1.807) is 18.2 Å². The number of hydrogen-bond donors (Lipinski definition) is 1. The Hall–Kier alpha value is -3.11. The molecule has 4 nitrogen and oxygen atoms in total. The lowest BCUT2D eigenvalue weighted by atomic mass is 10.00. The number of rotatable bonds is 5. The second kappa shape index (κ2) is 8.72. The van der Waals surface area contributed by atoms with Gasteiger partial charge in [-0.25, -0.2) is 4.79 Å². The number of carbonyl (C=O) groups excluding carboxylic acids is 2. The van der Waals surface area contributed by atoms with E-state index in [0.29, 0.717) is 16.3 Å². The van der Waals surface area contributed by atoms with Gasteiger partial charge in [0.25, 0.3) is 5.91 Å². The first-order valence-electron chi connectivity index (χ1n) is 8.84. The van der Waals surface area contributed by atoms with Gasteiger partial charge in [-0.2, -0.15) is 0 Å². The van der Waals surface area contributed by atoms with Gasteiger partial charge in [0, 0.05) is 0 Å². The molecule has 3 aromatic rings. The summed E-state index contributed by atoms with van der Waals surface area (Å²) in [4.78, 5) is 24.8. The molecule has 0 fully saturated rings. The molecular weight excluding hydrogens is 374 g/mol. The van der Waals surface area contributed by atoms with Crippen LogP contribution < -0.4 is 5.32 Å². The van der Waals surface area contributed by atoms with E-state index in [1.165, 1.54) is 0 Å². The fraction of sp³-hybridized carbons (Fsp3) is 0.130. The molecule has 0 atom stereocenters. The second-order valence-corrected chi connectivity index (χ2v) is 6.88. The average Bonchev–Trinajstić information content (AvgIpc) is 2.69. The Kier molecular flexibility index (Phi) is 6.12. The number of nitrogens with one attached hydrogen (secondary N) is 1. The molecule has 0 aliphatic heterocycles. The molecule has 0 unspecified atom stereocenters. The average molecular weight is 394 g/mol. The number of hydrogen-bond acceptors (Lipinski definition) is 3. The van der Waals surface area contributed by atoms with Crippen molar-refractivity contribution >= 4 is 29.2 Å². The van der Waals surface area contributed by atoms with Gasteiger partial charge in [0.05, 0.1) is 16.3 Å². The van der Waals surface area contributed by atoms with E-state index in [9.17, 15) is 9.59 Å². The van der Waals surface area contributed by atoms with E-state index in [2.05, 4.69) is 5.32 Å². The second-order valence-electron chi connectivity index (χ2n) is 6.47. The van der Waals surface area contributed by atoms with Gasteiger partial charge >= 0.3 is 5.97 Å². The quantitative estimate of drug-likeness (QED) is 0.589. The van der Waals surface area contributed by atoms with Crippen LogP contribution in [-0.4, -0.2) is 18.5 Å². The Labute approximate surface area is 169 Å². The zero-order valence-corrected chi connectivity index (χ0v) is 16.4. The number of halogens is 1. The molecule has 0 aliphatic carbocycles. The van der Waals surface area contributed by atoms with E-state index in [1.807, 2.05) is 62.4 Å². The van der Waals surface area contributed by atoms with Gasteiger partial charge in [0.15, 0.2) is 6.61 Å². The Morgan fingerprint density at radius 3 is 2.36 bits per heavy atom. The van der Waals surface area contributed by atoms with Crippen LogP contribution in [0.5, 0.6) is 0 Å². The van der Waals surface area contributed by atoms with Crippen LogP contribution in [0.25, 0.3) is 11.1 Å². The van der Waals surface area contributed by atoms with Crippen molar-refractivity contribution < 1.29 is 14.3 Å². The molecule has 0 bridgehead atoms. The number of carbonyl (C=O) groups is 2. The van der Waals surface area contributed by atoms with E-state index in [4.69, 9.17) is 16.3 Å². The van der Waals surface area contributed by atoms with Crippen molar-refractivity contribution in [2.45, 2.75) is 13.8 Å². The van der Waals surface area contributed by atoms with Crippen molar-refractivity contribution in [3.8, 4) is 11.1 Å². The standard InChI is InChI=1S/C23H20ClNO3/c1-15-12-16(2)22(20(24)13-15)25-21(26)14-28-23(27)19-11-7-6-10-18(19)17-8-4-3-5-9-17/h3-13H,14H2,1-2H3,(H,25,26). The monoisotopic (exact) mass is 393 g/mol. The summed E-state index contributed by atoms with van der Waals surface area (Å²) in [5, 5.41) is 3.16. The minimum atomic E-state index is -0.554. The fourth-order valence-corrected chi connectivity index (χ4v) is 3.36. The number of amides is 1. The summed E-state index contributed by atoms with van der Waals surface area (Å²) >= 11 is 6.20. The highest BCUT2D eigenvalue weighted by Crippen LogP contribution is 2.27. The maximum atomic E-state index is 12.5. The lowest BCUT2D eigenvalue weighted by molar-refractivity contribution is -0.119. The highest BCUT2D eigenvalue weighted by atomic mass is 35.5.